The SMILES string of the molecule is NC1=N[C@@]2(CO1)c1cc(-c3cccnc3F)ccc1OC1[C@H]2OCCC1(F)F. The van der Waals surface area contributed by atoms with Crippen LogP contribution in [-0.2, 0) is 15.0 Å². The first-order valence-corrected chi connectivity index (χ1v) is 8.80. The lowest BCUT2D eigenvalue weighted by atomic mass is 9.76. The lowest BCUT2D eigenvalue weighted by molar-refractivity contribution is -0.226. The summed E-state index contributed by atoms with van der Waals surface area (Å²) in [5.41, 5.74) is 5.69. The molecule has 0 aliphatic carbocycles. The van der Waals surface area contributed by atoms with Gasteiger partial charge in [-0.15, -0.1) is 0 Å². The summed E-state index contributed by atoms with van der Waals surface area (Å²) in [4.78, 5) is 8.01. The van der Waals surface area contributed by atoms with Crippen LogP contribution in [0.15, 0.2) is 41.5 Å². The number of nitrogens with zero attached hydrogens (tertiary/aromatic N) is 2. The number of aromatic nitrogens is 1. The number of hydrogen-bond donors (Lipinski definition) is 1. The highest BCUT2D eigenvalue weighted by molar-refractivity contribution is 5.75. The molecule has 2 aromatic rings. The largest absolute Gasteiger partial charge is 0.481 e. The zero-order valence-corrected chi connectivity index (χ0v) is 14.6. The zero-order chi connectivity index (χ0) is 19.5. The summed E-state index contributed by atoms with van der Waals surface area (Å²) < 4.78 is 60.0. The van der Waals surface area contributed by atoms with Gasteiger partial charge in [0.2, 0.25) is 5.95 Å². The molecule has 0 radical (unpaired) electrons. The predicted octanol–water partition coefficient (Wildman–Crippen LogP) is 2.61. The highest BCUT2D eigenvalue weighted by Gasteiger charge is 2.63. The van der Waals surface area contributed by atoms with Crippen molar-refractivity contribution in [3.8, 4) is 16.9 Å². The van der Waals surface area contributed by atoms with Crippen LogP contribution in [-0.4, -0.2) is 42.3 Å². The number of aliphatic imine (C=N–C) groups is 1. The second-order valence-electron chi connectivity index (χ2n) is 7.06. The van der Waals surface area contributed by atoms with E-state index >= 15 is 0 Å². The standard InChI is InChI=1S/C19H16F3N3O3/c20-16-11(2-1-6-24-16)10-3-4-13-12(8-10)18(9-27-17(23)25-18)14-15(28-13)19(21,22)5-7-26-14/h1-4,6,8,14-15H,5,7,9H2,(H2,23,25)/t14-,15?,18+/m1/s1. The van der Waals surface area contributed by atoms with Gasteiger partial charge in [0.15, 0.2) is 11.6 Å². The van der Waals surface area contributed by atoms with Crippen molar-refractivity contribution in [1.29, 1.82) is 0 Å². The Kier molecular flexibility index (Phi) is 3.61. The van der Waals surface area contributed by atoms with E-state index in [-0.39, 0.29) is 30.5 Å². The fourth-order valence-electron chi connectivity index (χ4n) is 4.07. The van der Waals surface area contributed by atoms with Crippen LogP contribution < -0.4 is 10.5 Å². The van der Waals surface area contributed by atoms with Crippen molar-refractivity contribution >= 4 is 6.02 Å². The van der Waals surface area contributed by atoms with E-state index in [2.05, 4.69) is 9.98 Å². The maximum absolute atomic E-state index is 14.6. The van der Waals surface area contributed by atoms with E-state index in [1.807, 2.05) is 0 Å². The number of alkyl halides is 2. The van der Waals surface area contributed by atoms with E-state index in [9.17, 15) is 13.2 Å². The van der Waals surface area contributed by atoms with Crippen LogP contribution in [0.4, 0.5) is 13.2 Å². The molecule has 1 aromatic carbocycles. The summed E-state index contributed by atoms with van der Waals surface area (Å²) in [5, 5.41) is 0. The Balaban J connectivity index is 1.70. The second-order valence-corrected chi connectivity index (χ2v) is 7.06. The van der Waals surface area contributed by atoms with Gasteiger partial charge < -0.3 is 19.9 Å². The average molecular weight is 391 g/mol. The Morgan fingerprint density at radius 3 is 2.79 bits per heavy atom. The first kappa shape index (κ1) is 17.3. The molecule has 0 amide bonds. The quantitative estimate of drug-likeness (QED) is 0.756. The number of nitrogens with two attached hydrogens (primary N) is 1. The smallest absolute Gasteiger partial charge is 0.289 e. The Morgan fingerprint density at radius 2 is 2.04 bits per heavy atom. The van der Waals surface area contributed by atoms with Gasteiger partial charge >= 0.3 is 0 Å². The Hall–Kier alpha value is -2.81. The molecule has 3 aliphatic rings. The van der Waals surface area contributed by atoms with Crippen molar-refractivity contribution in [2.24, 2.45) is 10.7 Å². The molecule has 1 spiro atoms. The van der Waals surface area contributed by atoms with E-state index in [0.717, 1.165) is 0 Å². The van der Waals surface area contributed by atoms with Gasteiger partial charge in [0.05, 0.1) is 6.61 Å². The van der Waals surface area contributed by atoms with Gasteiger partial charge in [-0.25, -0.2) is 18.8 Å². The molecule has 3 atom stereocenters. The van der Waals surface area contributed by atoms with Crippen molar-refractivity contribution in [2.45, 2.75) is 30.1 Å². The van der Waals surface area contributed by atoms with Crippen molar-refractivity contribution in [3.05, 3.63) is 48.0 Å². The molecule has 0 saturated carbocycles. The molecule has 1 saturated heterocycles. The normalized spacial score (nSPS) is 30.0. The van der Waals surface area contributed by atoms with E-state index in [1.165, 1.54) is 12.3 Å². The molecule has 0 bridgehead atoms. The number of pyridine rings is 1. The number of ether oxygens (including phenoxy) is 3. The van der Waals surface area contributed by atoms with Gasteiger partial charge in [0, 0.05) is 23.7 Å². The molecule has 9 heteroatoms. The number of hydrogen-bond acceptors (Lipinski definition) is 6. The van der Waals surface area contributed by atoms with E-state index in [0.29, 0.717) is 11.1 Å². The molecule has 6 nitrogen and oxygen atoms in total. The highest BCUT2D eigenvalue weighted by atomic mass is 19.3. The van der Waals surface area contributed by atoms with Crippen molar-refractivity contribution in [2.75, 3.05) is 13.2 Å². The molecule has 1 fully saturated rings. The van der Waals surface area contributed by atoms with Crippen molar-refractivity contribution in [1.82, 2.24) is 4.98 Å². The molecule has 1 unspecified atom stereocenters. The van der Waals surface area contributed by atoms with Crippen molar-refractivity contribution in [3.63, 3.8) is 0 Å². The molecule has 4 heterocycles. The number of rotatable bonds is 1. The van der Waals surface area contributed by atoms with Crippen LogP contribution in [0.1, 0.15) is 12.0 Å². The lowest BCUT2D eigenvalue weighted by Crippen LogP contribution is -2.63. The van der Waals surface area contributed by atoms with Crippen LogP contribution in [0.5, 0.6) is 5.75 Å². The van der Waals surface area contributed by atoms with Gasteiger partial charge in [-0.05, 0) is 29.8 Å². The summed E-state index contributed by atoms with van der Waals surface area (Å²) >= 11 is 0. The molecule has 146 valence electrons. The maximum Gasteiger partial charge on any atom is 0.289 e. The lowest BCUT2D eigenvalue weighted by Gasteiger charge is -2.48. The Labute approximate surface area is 158 Å². The monoisotopic (exact) mass is 391 g/mol. The minimum Gasteiger partial charge on any atom is -0.481 e. The topological polar surface area (TPSA) is 79.0 Å². The minimum atomic E-state index is -3.09. The summed E-state index contributed by atoms with van der Waals surface area (Å²) in [6, 6.07) is 7.85. The highest BCUT2D eigenvalue weighted by Crippen LogP contribution is 2.51. The van der Waals surface area contributed by atoms with Crippen LogP contribution in [0.25, 0.3) is 11.1 Å². The number of fused-ring (bicyclic) bond motifs is 4. The fourth-order valence-corrected chi connectivity index (χ4v) is 4.07. The van der Waals surface area contributed by atoms with Gasteiger partial charge in [0.25, 0.3) is 11.9 Å². The van der Waals surface area contributed by atoms with Gasteiger partial charge in [-0.1, -0.05) is 6.07 Å². The van der Waals surface area contributed by atoms with Gasteiger partial charge in [0.1, 0.15) is 18.5 Å². The second kappa shape index (κ2) is 5.84. The molecular weight excluding hydrogens is 375 g/mol. The van der Waals surface area contributed by atoms with Crippen LogP contribution >= 0.6 is 0 Å². The third-order valence-electron chi connectivity index (χ3n) is 5.41. The zero-order valence-electron chi connectivity index (χ0n) is 14.6. The minimum absolute atomic E-state index is 0.0641. The number of benzene rings is 1. The fraction of sp³-hybridized carbons (Fsp3) is 0.368. The predicted molar refractivity (Wildman–Crippen MR) is 92.6 cm³/mol. The molecule has 2 N–H and O–H groups in total. The number of halogens is 3. The van der Waals surface area contributed by atoms with E-state index in [4.69, 9.17) is 19.9 Å². The molecule has 1 aromatic heterocycles. The summed E-state index contributed by atoms with van der Waals surface area (Å²) in [6.07, 6.45) is -1.70. The molecular formula is C19H16F3N3O3. The summed E-state index contributed by atoms with van der Waals surface area (Å²) in [6.45, 7) is -0.202. The summed E-state index contributed by atoms with van der Waals surface area (Å²) in [7, 11) is 0. The average Bonchev–Trinajstić information content (AvgIpc) is 3.05. The van der Waals surface area contributed by atoms with Crippen LogP contribution in [0.3, 0.4) is 0 Å². The van der Waals surface area contributed by atoms with Crippen LogP contribution in [0.2, 0.25) is 0 Å². The van der Waals surface area contributed by atoms with Crippen LogP contribution in [0, 0.1) is 5.95 Å². The van der Waals surface area contributed by atoms with E-state index in [1.54, 1.807) is 24.3 Å². The first-order chi connectivity index (χ1) is 13.4. The Bertz CT molecular complexity index is 984. The number of amidine groups is 1. The molecule has 3 aliphatic heterocycles. The summed E-state index contributed by atoms with van der Waals surface area (Å²) in [5.74, 6) is -3.51. The van der Waals surface area contributed by atoms with Gasteiger partial charge in [-0.2, -0.15) is 4.39 Å². The third-order valence-corrected chi connectivity index (χ3v) is 5.41. The maximum atomic E-state index is 14.6. The molecule has 28 heavy (non-hydrogen) atoms. The first-order valence-electron chi connectivity index (χ1n) is 8.80. The van der Waals surface area contributed by atoms with E-state index < -0.39 is 36.0 Å². The third kappa shape index (κ3) is 2.39. The van der Waals surface area contributed by atoms with Gasteiger partial charge in [-0.3, -0.25) is 0 Å². The molecule has 5 rings (SSSR count). The van der Waals surface area contributed by atoms with Crippen molar-refractivity contribution < 1.29 is 27.4 Å². The Morgan fingerprint density at radius 1 is 1.18 bits per heavy atom.